The van der Waals surface area contributed by atoms with Crippen LogP contribution in [0.25, 0.3) is 0 Å². The zero-order valence-electron chi connectivity index (χ0n) is 12.4. The van der Waals surface area contributed by atoms with Crippen molar-refractivity contribution in [2.24, 2.45) is 5.41 Å². The Bertz CT molecular complexity index is 449. The van der Waals surface area contributed by atoms with Crippen LogP contribution in [-0.4, -0.2) is 18.0 Å². The van der Waals surface area contributed by atoms with E-state index >= 15 is 0 Å². The Hall–Kier alpha value is -0.670. The second-order valence-electron chi connectivity index (χ2n) is 6.35. The second kappa shape index (κ2) is 5.37. The summed E-state index contributed by atoms with van der Waals surface area (Å²) in [7, 11) is 0. The molecule has 0 bridgehead atoms. The Morgan fingerprint density at radius 1 is 1.32 bits per heavy atom. The lowest BCUT2D eigenvalue weighted by atomic mass is 9.69. The van der Waals surface area contributed by atoms with Crippen LogP contribution in [0.15, 0.2) is 11.4 Å². The van der Waals surface area contributed by atoms with E-state index in [2.05, 4.69) is 13.8 Å². The summed E-state index contributed by atoms with van der Waals surface area (Å²) in [6.45, 7) is 9.16. The van der Waals surface area contributed by atoms with Crippen LogP contribution in [0.2, 0.25) is 0 Å². The highest BCUT2D eigenvalue weighted by Crippen LogP contribution is 2.44. The van der Waals surface area contributed by atoms with E-state index in [0.717, 1.165) is 36.1 Å². The maximum absolute atomic E-state index is 12.9. The number of hydrogen-bond acceptors (Lipinski definition) is 3. The molecule has 1 heterocycles. The van der Waals surface area contributed by atoms with Crippen LogP contribution in [0.3, 0.4) is 0 Å². The number of ether oxygens (including phenoxy) is 1. The van der Waals surface area contributed by atoms with Crippen molar-refractivity contribution in [3.05, 3.63) is 21.9 Å². The number of carbonyl (C=O) groups excluding carboxylic acids is 1. The zero-order chi connectivity index (χ0) is 14.1. The minimum absolute atomic E-state index is 0.206. The molecule has 0 aliphatic heterocycles. The highest BCUT2D eigenvalue weighted by atomic mass is 32.1. The monoisotopic (exact) mass is 280 g/mol. The molecule has 2 nitrogen and oxygen atoms in total. The van der Waals surface area contributed by atoms with Crippen LogP contribution in [0.5, 0.6) is 0 Å². The molecule has 0 radical (unpaired) electrons. The van der Waals surface area contributed by atoms with Gasteiger partial charge >= 0.3 is 0 Å². The molecule has 0 spiro atoms. The molecule has 0 N–H and O–H groups in total. The molecule has 0 saturated heterocycles. The SMILES string of the molecule is CCOC1(C(=O)c2sccc2C)CCC(C)(C)CC1. The maximum atomic E-state index is 12.9. The van der Waals surface area contributed by atoms with E-state index < -0.39 is 5.60 Å². The van der Waals surface area contributed by atoms with Gasteiger partial charge in [-0.05, 0) is 62.0 Å². The molecule has 1 aliphatic rings. The van der Waals surface area contributed by atoms with Gasteiger partial charge in [0.05, 0.1) is 4.88 Å². The van der Waals surface area contributed by atoms with Gasteiger partial charge in [-0.1, -0.05) is 13.8 Å². The Labute approximate surface area is 120 Å². The fraction of sp³-hybridized carbons (Fsp3) is 0.688. The lowest BCUT2D eigenvalue weighted by Crippen LogP contribution is -2.46. The summed E-state index contributed by atoms with van der Waals surface area (Å²) in [5, 5.41) is 2.00. The molecular weight excluding hydrogens is 256 g/mol. The van der Waals surface area contributed by atoms with Crippen molar-refractivity contribution in [3.63, 3.8) is 0 Å². The van der Waals surface area contributed by atoms with Gasteiger partial charge < -0.3 is 4.74 Å². The third kappa shape index (κ3) is 2.92. The predicted molar refractivity (Wildman–Crippen MR) is 80.0 cm³/mol. The average molecular weight is 280 g/mol. The van der Waals surface area contributed by atoms with Gasteiger partial charge in [-0.2, -0.15) is 0 Å². The average Bonchev–Trinajstić information content (AvgIpc) is 2.78. The van der Waals surface area contributed by atoms with E-state index in [1.165, 1.54) is 0 Å². The van der Waals surface area contributed by atoms with Crippen LogP contribution < -0.4 is 0 Å². The number of Topliss-reactive ketones (excluding diaryl/α,β-unsaturated/α-hetero) is 1. The van der Waals surface area contributed by atoms with E-state index in [4.69, 9.17) is 4.74 Å². The zero-order valence-corrected chi connectivity index (χ0v) is 13.2. The minimum Gasteiger partial charge on any atom is -0.367 e. The Morgan fingerprint density at radius 2 is 1.95 bits per heavy atom. The minimum atomic E-state index is -0.570. The quantitative estimate of drug-likeness (QED) is 0.753. The van der Waals surface area contributed by atoms with Crippen molar-refractivity contribution in [3.8, 4) is 0 Å². The number of ketones is 1. The smallest absolute Gasteiger partial charge is 0.204 e. The first-order valence-electron chi connectivity index (χ1n) is 7.13. The topological polar surface area (TPSA) is 26.3 Å². The van der Waals surface area contributed by atoms with Crippen molar-refractivity contribution < 1.29 is 9.53 Å². The van der Waals surface area contributed by atoms with Gasteiger partial charge in [0, 0.05) is 6.61 Å². The van der Waals surface area contributed by atoms with E-state index in [-0.39, 0.29) is 5.78 Å². The molecule has 0 atom stereocenters. The molecule has 106 valence electrons. The number of carbonyl (C=O) groups is 1. The fourth-order valence-corrected chi connectivity index (χ4v) is 3.81. The third-order valence-corrected chi connectivity index (χ3v) is 5.33. The van der Waals surface area contributed by atoms with Gasteiger partial charge in [-0.15, -0.1) is 11.3 Å². The molecule has 0 aromatic carbocycles. The summed E-state index contributed by atoms with van der Waals surface area (Å²) in [5.74, 6) is 0.206. The van der Waals surface area contributed by atoms with Gasteiger partial charge in [-0.3, -0.25) is 4.79 Å². The Kier molecular flexibility index (Phi) is 4.17. The number of thiophene rings is 1. The maximum Gasteiger partial charge on any atom is 0.204 e. The van der Waals surface area contributed by atoms with Gasteiger partial charge in [0.25, 0.3) is 0 Å². The van der Waals surface area contributed by atoms with E-state index in [1.54, 1.807) is 11.3 Å². The molecule has 1 aromatic rings. The first-order chi connectivity index (χ1) is 8.90. The van der Waals surface area contributed by atoms with Crippen molar-refractivity contribution >= 4 is 17.1 Å². The summed E-state index contributed by atoms with van der Waals surface area (Å²) < 4.78 is 5.96. The van der Waals surface area contributed by atoms with Crippen LogP contribution >= 0.6 is 11.3 Å². The number of aryl methyl sites for hydroxylation is 1. The van der Waals surface area contributed by atoms with Gasteiger partial charge in [0.15, 0.2) is 0 Å². The summed E-state index contributed by atoms with van der Waals surface area (Å²) in [5.41, 5.74) is 0.851. The fourth-order valence-electron chi connectivity index (χ4n) is 2.86. The normalized spacial score (nSPS) is 21.3. The van der Waals surface area contributed by atoms with Gasteiger partial charge in [0.1, 0.15) is 5.60 Å². The summed E-state index contributed by atoms with van der Waals surface area (Å²) in [6, 6.07) is 2.02. The standard InChI is InChI=1S/C16H24O2S/c1-5-18-16(9-7-15(3,4)8-10-16)14(17)13-12(2)6-11-19-13/h6,11H,5,7-10H2,1-4H3. The Morgan fingerprint density at radius 3 is 2.42 bits per heavy atom. The van der Waals surface area contributed by atoms with Crippen LogP contribution in [0.1, 0.15) is 61.7 Å². The van der Waals surface area contributed by atoms with Crippen LogP contribution in [0, 0.1) is 12.3 Å². The van der Waals surface area contributed by atoms with Crippen molar-refractivity contribution in [2.45, 2.75) is 59.0 Å². The summed E-state index contributed by atoms with van der Waals surface area (Å²) in [6.07, 6.45) is 3.82. The molecule has 2 rings (SSSR count). The predicted octanol–water partition coefficient (Wildman–Crippen LogP) is 4.61. The highest BCUT2D eigenvalue weighted by molar-refractivity contribution is 7.12. The largest absolute Gasteiger partial charge is 0.367 e. The lowest BCUT2D eigenvalue weighted by molar-refractivity contribution is -0.0578. The van der Waals surface area contributed by atoms with E-state index in [0.29, 0.717) is 12.0 Å². The van der Waals surface area contributed by atoms with E-state index in [9.17, 15) is 4.79 Å². The van der Waals surface area contributed by atoms with Crippen molar-refractivity contribution in [1.82, 2.24) is 0 Å². The molecule has 1 aromatic heterocycles. The van der Waals surface area contributed by atoms with Gasteiger partial charge in [-0.25, -0.2) is 0 Å². The number of rotatable bonds is 4. The first kappa shape index (κ1) is 14.7. The lowest BCUT2D eigenvalue weighted by Gasteiger charge is -2.42. The van der Waals surface area contributed by atoms with Gasteiger partial charge in [0.2, 0.25) is 5.78 Å². The molecular formula is C16H24O2S. The van der Waals surface area contributed by atoms with E-state index in [1.807, 2.05) is 25.3 Å². The van der Waals surface area contributed by atoms with Crippen molar-refractivity contribution in [1.29, 1.82) is 0 Å². The molecule has 3 heteroatoms. The summed E-state index contributed by atoms with van der Waals surface area (Å²) in [4.78, 5) is 13.8. The molecule has 1 aliphatic carbocycles. The molecule has 1 fully saturated rings. The first-order valence-corrected chi connectivity index (χ1v) is 8.01. The highest BCUT2D eigenvalue weighted by Gasteiger charge is 2.45. The molecule has 19 heavy (non-hydrogen) atoms. The Balaban J connectivity index is 2.26. The van der Waals surface area contributed by atoms with Crippen molar-refractivity contribution in [2.75, 3.05) is 6.61 Å². The molecule has 0 unspecified atom stereocenters. The van der Waals surface area contributed by atoms with Crippen LogP contribution in [0.4, 0.5) is 0 Å². The van der Waals surface area contributed by atoms with Crippen LogP contribution in [-0.2, 0) is 4.74 Å². The summed E-state index contributed by atoms with van der Waals surface area (Å²) >= 11 is 1.55. The number of hydrogen-bond donors (Lipinski definition) is 0. The molecule has 0 amide bonds. The second-order valence-corrected chi connectivity index (χ2v) is 7.27. The third-order valence-electron chi connectivity index (χ3n) is 4.31. The molecule has 1 saturated carbocycles.